The van der Waals surface area contributed by atoms with E-state index < -0.39 is 0 Å². The second-order valence-electron chi connectivity index (χ2n) is 5.87. The third-order valence-electron chi connectivity index (χ3n) is 3.82. The quantitative estimate of drug-likeness (QED) is 0.502. The summed E-state index contributed by atoms with van der Waals surface area (Å²) < 4.78 is 0. The molecule has 1 saturated carbocycles. The molecule has 128 valence electrons. The molecule has 1 amide bonds. The highest BCUT2D eigenvalue weighted by Crippen LogP contribution is 2.31. The predicted octanol–water partition coefficient (Wildman–Crippen LogP) is 3.11. The summed E-state index contributed by atoms with van der Waals surface area (Å²) in [6, 6.07) is 7.27. The fourth-order valence-electron chi connectivity index (χ4n) is 2.40. The summed E-state index contributed by atoms with van der Waals surface area (Å²) in [6.07, 6.45) is 10.0. The standard InChI is InChI=1S/C16H14N4O2.C3H6/c17-15-4-11(13-6-18-2-1-10(13)8-21)3-12-5-16(20-9-22)19-7-14(12)15;1-2-3-1/h1-7,9,21H,8,17H2,(H,19,20,22);1-3H2. The Balaban J connectivity index is 0.000000549. The molecule has 1 aromatic carbocycles. The van der Waals surface area contributed by atoms with E-state index in [2.05, 4.69) is 15.3 Å². The molecule has 4 N–H and O–H groups in total. The van der Waals surface area contributed by atoms with Gasteiger partial charge in [-0.15, -0.1) is 0 Å². The van der Waals surface area contributed by atoms with E-state index in [1.54, 1.807) is 30.7 Å². The monoisotopic (exact) mass is 336 g/mol. The van der Waals surface area contributed by atoms with Gasteiger partial charge in [0.2, 0.25) is 6.41 Å². The average molecular weight is 336 g/mol. The number of fused-ring (bicyclic) bond motifs is 1. The van der Waals surface area contributed by atoms with Crippen LogP contribution in [0.1, 0.15) is 24.8 Å². The molecule has 6 heteroatoms. The largest absolute Gasteiger partial charge is 0.398 e. The molecule has 1 aliphatic carbocycles. The average Bonchev–Trinajstić information content (AvgIpc) is 3.51. The Bertz CT molecular complexity index is 891. The highest BCUT2D eigenvalue weighted by molar-refractivity contribution is 5.98. The lowest BCUT2D eigenvalue weighted by Crippen LogP contribution is -1.98. The molecule has 25 heavy (non-hydrogen) atoms. The highest BCUT2D eigenvalue weighted by atomic mass is 16.3. The number of anilines is 2. The molecular formula is C19H20N4O2. The summed E-state index contributed by atoms with van der Waals surface area (Å²) >= 11 is 0. The number of carbonyl (C=O) groups is 1. The summed E-state index contributed by atoms with van der Waals surface area (Å²) in [5, 5.41) is 13.6. The fourth-order valence-corrected chi connectivity index (χ4v) is 2.40. The first kappa shape index (κ1) is 16.9. The maximum atomic E-state index is 10.5. The molecule has 1 aliphatic rings. The lowest BCUT2D eigenvalue weighted by atomic mass is 9.98. The third-order valence-corrected chi connectivity index (χ3v) is 3.82. The molecule has 0 unspecified atom stereocenters. The Labute approximate surface area is 145 Å². The maximum absolute atomic E-state index is 10.5. The van der Waals surface area contributed by atoms with E-state index in [0.29, 0.717) is 17.9 Å². The number of carbonyl (C=O) groups excluding carboxylic acids is 1. The van der Waals surface area contributed by atoms with Gasteiger partial charge < -0.3 is 16.2 Å². The normalized spacial score (nSPS) is 12.2. The second-order valence-corrected chi connectivity index (χ2v) is 5.87. The zero-order valence-electron chi connectivity index (χ0n) is 13.8. The van der Waals surface area contributed by atoms with E-state index in [9.17, 15) is 9.90 Å². The van der Waals surface area contributed by atoms with Crippen molar-refractivity contribution in [2.24, 2.45) is 0 Å². The van der Waals surface area contributed by atoms with Crippen LogP contribution in [0.25, 0.3) is 21.9 Å². The van der Waals surface area contributed by atoms with Gasteiger partial charge in [0.15, 0.2) is 0 Å². The van der Waals surface area contributed by atoms with Crippen LogP contribution in [0.15, 0.2) is 42.9 Å². The molecular weight excluding hydrogens is 316 g/mol. The van der Waals surface area contributed by atoms with Crippen LogP contribution >= 0.6 is 0 Å². The number of rotatable bonds is 4. The molecule has 4 rings (SSSR count). The number of hydrogen-bond donors (Lipinski definition) is 3. The van der Waals surface area contributed by atoms with Gasteiger partial charge in [-0.1, -0.05) is 19.3 Å². The lowest BCUT2D eigenvalue weighted by Gasteiger charge is -2.10. The van der Waals surface area contributed by atoms with E-state index in [1.807, 2.05) is 12.1 Å². The summed E-state index contributed by atoms with van der Waals surface area (Å²) in [5.74, 6) is 0.451. The molecule has 0 atom stereocenters. The zero-order chi connectivity index (χ0) is 17.6. The van der Waals surface area contributed by atoms with E-state index in [1.165, 1.54) is 19.3 Å². The third kappa shape index (κ3) is 4.10. The molecule has 0 radical (unpaired) electrons. The van der Waals surface area contributed by atoms with Crippen LogP contribution in [0.3, 0.4) is 0 Å². The molecule has 2 aromatic heterocycles. The molecule has 0 aliphatic heterocycles. The van der Waals surface area contributed by atoms with Crippen molar-refractivity contribution in [2.45, 2.75) is 25.9 Å². The fraction of sp³-hybridized carbons (Fsp3) is 0.211. The highest BCUT2D eigenvalue weighted by Gasteiger charge is 2.09. The minimum Gasteiger partial charge on any atom is -0.398 e. The Morgan fingerprint density at radius 1 is 1.20 bits per heavy atom. The number of aliphatic hydroxyl groups is 1. The second kappa shape index (κ2) is 7.72. The van der Waals surface area contributed by atoms with Crippen LogP contribution in [0, 0.1) is 0 Å². The molecule has 2 heterocycles. The van der Waals surface area contributed by atoms with Crippen LogP contribution in [0.5, 0.6) is 0 Å². The van der Waals surface area contributed by atoms with Crippen molar-refractivity contribution in [1.82, 2.24) is 9.97 Å². The zero-order valence-corrected chi connectivity index (χ0v) is 13.8. The van der Waals surface area contributed by atoms with Crippen molar-refractivity contribution in [1.29, 1.82) is 0 Å². The van der Waals surface area contributed by atoms with Gasteiger partial charge in [0.1, 0.15) is 5.82 Å². The molecule has 0 saturated heterocycles. The number of hydrogen-bond acceptors (Lipinski definition) is 5. The molecule has 1 fully saturated rings. The van der Waals surface area contributed by atoms with Crippen molar-refractivity contribution in [2.75, 3.05) is 11.1 Å². The van der Waals surface area contributed by atoms with Gasteiger partial charge in [0.05, 0.1) is 6.61 Å². The Morgan fingerprint density at radius 3 is 2.68 bits per heavy atom. The van der Waals surface area contributed by atoms with Gasteiger partial charge in [-0.3, -0.25) is 9.78 Å². The number of nitrogens with one attached hydrogen (secondary N) is 1. The van der Waals surface area contributed by atoms with Crippen LogP contribution in [0.4, 0.5) is 11.5 Å². The van der Waals surface area contributed by atoms with E-state index in [4.69, 9.17) is 5.73 Å². The van der Waals surface area contributed by atoms with Crippen LogP contribution in [-0.2, 0) is 11.4 Å². The van der Waals surface area contributed by atoms with Crippen molar-refractivity contribution in [3.8, 4) is 11.1 Å². The van der Waals surface area contributed by atoms with E-state index >= 15 is 0 Å². The SMILES string of the molecule is C1CC1.Nc1cc(-c2cnccc2CO)cc2cc(NC=O)ncc12. The summed E-state index contributed by atoms with van der Waals surface area (Å²) in [5.41, 5.74) is 9.12. The summed E-state index contributed by atoms with van der Waals surface area (Å²) in [4.78, 5) is 18.8. The van der Waals surface area contributed by atoms with Crippen molar-refractivity contribution >= 4 is 28.7 Å². The van der Waals surface area contributed by atoms with Crippen LogP contribution in [-0.4, -0.2) is 21.5 Å². The molecule has 3 aromatic rings. The number of amides is 1. The van der Waals surface area contributed by atoms with Gasteiger partial charge in [-0.2, -0.15) is 0 Å². The lowest BCUT2D eigenvalue weighted by molar-refractivity contribution is -0.105. The minimum absolute atomic E-state index is 0.0793. The summed E-state index contributed by atoms with van der Waals surface area (Å²) in [7, 11) is 0. The number of nitrogen functional groups attached to an aromatic ring is 1. The van der Waals surface area contributed by atoms with Gasteiger partial charge >= 0.3 is 0 Å². The first-order chi connectivity index (χ1) is 12.2. The van der Waals surface area contributed by atoms with Crippen molar-refractivity contribution < 1.29 is 9.90 Å². The number of aromatic nitrogens is 2. The number of nitrogens with two attached hydrogens (primary N) is 1. The molecule has 0 bridgehead atoms. The van der Waals surface area contributed by atoms with Gasteiger partial charge in [0.25, 0.3) is 0 Å². The van der Waals surface area contributed by atoms with Gasteiger partial charge in [-0.05, 0) is 40.8 Å². The topological polar surface area (TPSA) is 101 Å². The first-order valence-corrected chi connectivity index (χ1v) is 8.16. The van der Waals surface area contributed by atoms with Crippen LogP contribution < -0.4 is 11.1 Å². The number of benzene rings is 1. The van der Waals surface area contributed by atoms with Crippen molar-refractivity contribution in [3.63, 3.8) is 0 Å². The first-order valence-electron chi connectivity index (χ1n) is 8.16. The Morgan fingerprint density at radius 2 is 2.00 bits per heavy atom. The van der Waals surface area contributed by atoms with Crippen LogP contribution in [0.2, 0.25) is 0 Å². The van der Waals surface area contributed by atoms with Gasteiger partial charge in [-0.25, -0.2) is 4.98 Å². The number of aliphatic hydroxyl groups excluding tert-OH is 1. The Kier molecular flexibility index (Phi) is 5.20. The maximum Gasteiger partial charge on any atom is 0.212 e. The number of nitrogens with zero attached hydrogens (tertiary/aromatic N) is 2. The van der Waals surface area contributed by atoms with Gasteiger partial charge in [0, 0.05) is 35.2 Å². The van der Waals surface area contributed by atoms with Crippen molar-refractivity contribution in [3.05, 3.63) is 48.4 Å². The minimum atomic E-state index is -0.0793. The smallest absolute Gasteiger partial charge is 0.212 e. The summed E-state index contributed by atoms with van der Waals surface area (Å²) in [6.45, 7) is -0.0793. The Hall–Kier alpha value is -2.99. The molecule has 6 nitrogen and oxygen atoms in total. The van der Waals surface area contributed by atoms with E-state index in [0.717, 1.165) is 27.5 Å². The van der Waals surface area contributed by atoms with E-state index in [-0.39, 0.29) is 6.61 Å². The molecule has 0 spiro atoms. The number of pyridine rings is 2. The predicted molar refractivity (Wildman–Crippen MR) is 98.8 cm³/mol.